The van der Waals surface area contributed by atoms with Crippen LogP contribution in [0.25, 0.3) is 11.4 Å². The molecule has 2 aromatic carbocycles. The van der Waals surface area contributed by atoms with E-state index < -0.39 is 0 Å². The summed E-state index contributed by atoms with van der Waals surface area (Å²) >= 11 is 0. The number of fused-ring (bicyclic) bond motifs is 3. The van der Waals surface area contributed by atoms with Crippen molar-refractivity contribution in [3.8, 4) is 17.1 Å². The van der Waals surface area contributed by atoms with Crippen LogP contribution in [0.1, 0.15) is 53.0 Å². The zero-order valence-corrected chi connectivity index (χ0v) is 27.3. The van der Waals surface area contributed by atoms with E-state index in [1.807, 2.05) is 18.3 Å². The first-order valence-electron chi connectivity index (χ1n) is 16.3. The number of aryl methyl sites for hydroxylation is 3. The van der Waals surface area contributed by atoms with E-state index in [1.165, 1.54) is 0 Å². The zero-order chi connectivity index (χ0) is 32.2. The van der Waals surface area contributed by atoms with Gasteiger partial charge < -0.3 is 30.3 Å². The molecule has 242 valence electrons. The van der Waals surface area contributed by atoms with E-state index in [1.54, 1.807) is 11.8 Å². The van der Waals surface area contributed by atoms with Crippen LogP contribution in [0, 0.1) is 0 Å². The lowest BCUT2D eigenvalue weighted by atomic mass is 10.0. The predicted molar refractivity (Wildman–Crippen MR) is 182 cm³/mol. The van der Waals surface area contributed by atoms with Crippen molar-refractivity contribution >= 4 is 28.9 Å². The summed E-state index contributed by atoms with van der Waals surface area (Å²) in [6.45, 7) is 8.29. The van der Waals surface area contributed by atoms with Crippen LogP contribution in [0.5, 0.6) is 5.75 Å². The van der Waals surface area contributed by atoms with Crippen molar-refractivity contribution in [3.05, 3.63) is 70.5 Å². The van der Waals surface area contributed by atoms with E-state index in [2.05, 4.69) is 70.6 Å². The second kappa shape index (κ2) is 13.9. The van der Waals surface area contributed by atoms with Crippen molar-refractivity contribution in [2.24, 2.45) is 0 Å². The number of aliphatic hydroxyl groups excluding tert-OH is 1. The highest BCUT2D eigenvalue weighted by atomic mass is 16.5. The van der Waals surface area contributed by atoms with E-state index in [0.29, 0.717) is 23.8 Å². The smallest absolute Gasteiger partial charge is 0.276 e. The minimum atomic E-state index is -0.246. The number of ether oxygens (including phenoxy) is 1. The minimum absolute atomic E-state index is 0.115. The monoisotopic (exact) mass is 624 g/mol. The molecule has 0 radical (unpaired) electrons. The topological polar surface area (TPSA) is 121 Å². The van der Waals surface area contributed by atoms with Crippen molar-refractivity contribution in [1.29, 1.82) is 0 Å². The number of carbonyl (C=O) groups excluding carboxylic acids is 1. The molecule has 2 aliphatic rings. The fourth-order valence-electron chi connectivity index (χ4n) is 6.49. The van der Waals surface area contributed by atoms with Gasteiger partial charge in [0.2, 0.25) is 5.95 Å². The standard InChI is InChI=1S/C35H44N8O3/c1-5-23-9-7-10-24(6-2)30(23)38-34(45)32-27-12-8-11-25-22-36-35(39-31(25)33(27)43(40-32)19-20-44)37-28-14-13-26(21-29(28)46-4)42-17-15-41(3)16-18-42/h7,9-10,13-14,21-22,44H,5-6,8,11-12,15-20H2,1-4H3,(H,38,45)(H,36,37,39). The number of nitrogens with zero attached hydrogens (tertiary/aromatic N) is 6. The first-order valence-corrected chi connectivity index (χ1v) is 16.3. The van der Waals surface area contributed by atoms with Gasteiger partial charge in [-0.25, -0.2) is 9.97 Å². The number of amides is 1. The summed E-state index contributed by atoms with van der Waals surface area (Å²) in [6, 6.07) is 12.3. The molecule has 4 aromatic rings. The second-order valence-corrected chi connectivity index (χ2v) is 12.0. The molecule has 3 N–H and O–H groups in total. The van der Waals surface area contributed by atoms with Gasteiger partial charge in [0, 0.05) is 55.4 Å². The number of likely N-dealkylation sites (N-methyl/N-ethyl adjacent to an activating group) is 1. The average molecular weight is 625 g/mol. The van der Waals surface area contributed by atoms with Gasteiger partial charge in [0.15, 0.2) is 5.69 Å². The fourth-order valence-corrected chi connectivity index (χ4v) is 6.49. The van der Waals surface area contributed by atoms with Gasteiger partial charge >= 0.3 is 0 Å². The molecular formula is C35H44N8O3. The summed E-state index contributed by atoms with van der Waals surface area (Å²) in [6.07, 6.45) is 5.74. The molecule has 1 amide bonds. The van der Waals surface area contributed by atoms with Crippen molar-refractivity contribution in [2.75, 3.05) is 62.5 Å². The number of hydrogen-bond donors (Lipinski definition) is 3. The van der Waals surface area contributed by atoms with Crippen LogP contribution < -0.4 is 20.3 Å². The van der Waals surface area contributed by atoms with E-state index in [4.69, 9.17) is 14.8 Å². The van der Waals surface area contributed by atoms with Crippen LogP contribution in [0.4, 0.5) is 23.0 Å². The number of methoxy groups -OCH3 is 1. The molecule has 0 saturated carbocycles. The van der Waals surface area contributed by atoms with Gasteiger partial charge in [-0.05, 0) is 68.0 Å². The Balaban J connectivity index is 1.33. The summed E-state index contributed by atoms with van der Waals surface area (Å²) < 4.78 is 7.51. The SMILES string of the molecule is CCc1cccc(CC)c1NC(=O)c1nn(CCO)c2c1CCCc1cnc(Nc3ccc(N4CCN(C)CC4)cc3OC)nc1-2. The van der Waals surface area contributed by atoms with Crippen molar-refractivity contribution in [2.45, 2.75) is 52.5 Å². The average Bonchev–Trinajstić information content (AvgIpc) is 3.32. The van der Waals surface area contributed by atoms with E-state index >= 15 is 0 Å². The van der Waals surface area contributed by atoms with Crippen LogP contribution in [0.3, 0.4) is 0 Å². The second-order valence-electron chi connectivity index (χ2n) is 12.0. The Bertz CT molecular complexity index is 1690. The summed E-state index contributed by atoms with van der Waals surface area (Å²) in [4.78, 5) is 28.2. The number of piperazine rings is 1. The number of hydrogen-bond acceptors (Lipinski definition) is 9. The molecule has 11 heteroatoms. The molecule has 0 bridgehead atoms. The molecule has 1 saturated heterocycles. The first kappa shape index (κ1) is 31.5. The van der Waals surface area contributed by atoms with E-state index in [-0.39, 0.29) is 19.1 Å². The number of carbonyl (C=O) groups is 1. The quantitative estimate of drug-likeness (QED) is 0.231. The van der Waals surface area contributed by atoms with Gasteiger partial charge in [-0.15, -0.1) is 0 Å². The van der Waals surface area contributed by atoms with E-state index in [0.717, 1.165) is 103 Å². The highest BCUT2D eigenvalue weighted by molar-refractivity contribution is 6.05. The largest absolute Gasteiger partial charge is 0.494 e. The fraction of sp³-hybridized carbons (Fsp3) is 0.429. The normalized spacial score (nSPS) is 14.8. The van der Waals surface area contributed by atoms with Crippen LogP contribution in [0.2, 0.25) is 0 Å². The summed E-state index contributed by atoms with van der Waals surface area (Å²) in [5.41, 5.74) is 8.61. The number of benzene rings is 2. The highest BCUT2D eigenvalue weighted by Crippen LogP contribution is 2.36. The molecule has 6 rings (SSSR count). The van der Waals surface area contributed by atoms with Gasteiger partial charge in [-0.1, -0.05) is 32.0 Å². The third-order valence-corrected chi connectivity index (χ3v) is 9.08. The number of para-hydroxylation sites is 1. The van der Waals surface area contributed by atoms with Crippen LogP contribution in [-0.2, 0) is 32.2 Å². The summed E-state index contributed by atoms with van der Waals surface area (Å²) in [5.74, 6) is 0.882. The molecule has 0 unspecified atom stereocenters. The highest BCUT2D eigenvalue weighted by Gasteiger charge is 2.29. The Morgan fingerprint density at radius 3 is 2.50 bits per heavy atom. The molecule has 1 aliphatic carbocycles. The predicted octanol–water partition coefficient (Wildman–Crippen LogP) is 4.70. The van der Waals surface area contributed by atoms with Crippen LogP contribution in [0.15, 0.2) is 42.6 Å². The molecule has 0 spiro atoms. The Morgan fingerprint density at radius 1 is 1.04 bits per heavy atom. The lowest BCUT2D eigenvalue weighted by Gasteiger charge is -2.34. The van der Waals surface area contributed by atoms with Gasteiger partial charge in [-0.2, -0.15) is 5.10 Å². The molecule has 3 heterocycles. The maximum absolute atomic E-state index is 13.9. The third kappa shape index (κ3) is 6.29. The van der Waals surface area contributed by atoms with Crippen molar-refractivity contribution in [1.82, 2.24) is 24.6 Å². The van der Waals surface area contributed by atoms with Crippen LogP contribution in [-0.4, -0.2) is 82.6 Å². The molecule has 2 aromatic heterocycles. The number of aromatic nitrogens is 4. The van der Waals surface area contributed by atoms with Gasteiger partial charge in [-0.3, -0.25) is 9.48 Å². The van der Waals surface area contributed by atoms with Gasteiger partial charge in [0.05, 0.1) is 37.3 Å². The summed E-state index contributed by atoms with van der Waals surface area (Å²) in [7, 11) is 3.82. The Hall–Kier alpha value is -4.48. The minimum Gasteiger partial charge on any atom is -0.494 e. The number of nitrogens with one attached hydrogen (secondary N) is 2. The molecule has 0 atom stereocenters. The third-order valence-electron chi connectivity index (χ3n) is 9.08. The lowest BCUT2D eigenvalue weighted by Crippen LogP contribution is -2.44. The van der Waals surface area contributed by atoms with Gasteiger partial charge in [0.1, 0.15) is 5.75 Å². The maximum Gasteiger partial charge on any atom is 0.276 e. The number of aliphatic hydroxyl groups is 1. The van der Waals surface area contributed by atoms with E-state index in [9.17, 15) is 9.90 Å². The van der Waals surface area contributed by atoms with Gasteiger partial charge in [0.25, 0.3) is 5.91 Å². The molecule has 11 nitrogen and oxygen atoms in total. The van der Waals surface area contributed by atoms with Crippen molar-refractivity contribution in [3.63, 3.8) is 0 Å². The van der Waals surface area contributed by atoms with Crippen molar-refractivity contribution < 1.29 is 14.6 Å². The first-order chi connectivity index (χ1) is 22.4. The zero-order valence-electron chi connectivity index (χ0n) is 27.3. The van der Waals surface area contributed by atoms with Crippen LogP contribution >= 0.6 is 0 Å². The number of rotatable bonds is 10. The number of anilines is 4. The maximum atomic E-state index is 13.9. The molecule has 1 fully saturated rings. The molecular weight excluding hydrogens is 580 g/mol. The Kier molecular flexibility index (Phi) is 9.51. The summed E-state index contributed by atoms with van der Waals surface area (Å²) in [5, 5.41) is 21.3. The lowest BCUT2D eigenvalue weighted by molar-refractivity contribution is 0.102. The molecule has 46 heavy (non-hydrogen) atoms. The Labute approximate surface area is 270 Å². The Morgan fingerprint density at radius 2 is 1.80 bits per heavy atom. The molecule has 1 aliphatic heterocycles.